The predicted molar refractivity (Wildman–Crippen MR) is 111 cm³/mol. The molecule has 0 radical (unpaired) electrons. The smallest absolute Gasteiger partial charge is 0.243 e. The van der Waals surface area contributed by atoms with E-state index in [2.05, 4.69) is 15.9 Å². The van der Waals surface area contributed by atoms with Gasteiger partial charge in [-0.05, 0) is 48.9 Å². The van der Waals surface area contributed by atoms with Crippen LogP contribution in [0.4, 0.5) is 4.39 Å². The largest absolute Gasteiger partial charge is 0.494 e. The van der Waals surface area contributed by atoms with Crippen molar-refractivity contribution < 1.29 is 22.3 Å². The van der Waals surface area contributed by atoms with Crippen molar-refractivity contribution in [1.29, 1.82) is 0 Å². The number of hydrogen-bond acceptors (Lipinski definition) is 4. The lowest BCUT2D eigenvalue weighted by molar-refractivity contribution is -0.132. The Morgan fingerprint density at radius 3 is 2.41 bits per heavy atom. The van der Waals surface area contributed by atoms with Crippen LogP contribution in [0.5, 0.6) is 5.75 Å². The van der Waals surface area contributed by atoms with Crippen molar-refractivity contribution in [2.75, 3.05) is 32.8 Å². The first kappa shape index (κ1) is 21.7. The Hall–Kier alpha value is -1.97. The highest BCUT2D eigenvalue weighted by molar-refractivity contribution is 9.10. The number of hydrogen-bond donors (Lipinski definition) is 0. The third-order valence-corrected chi connectivity index (χ3v) is 7.05. The molecule has 1 saturated heterocycles. The molecule has 0 atom stereocenters. The summed E-state index contributed by atoms with van der Waals surface area (Å²) in [5.41, 5.74) is 0. The van der Waals surface area contributed by atoms with E-state index in [1.807, 2.05) is 24.3 Å². The maximum Gasteiger partial charge on any atom is 0.243 e. The van der Waals surface area contributed by atoms with Crippen LogP contribution < -0.4 is 4.74 Å². The number of benzene rings is 2. The molecule has 0 unspecified atom stereocenters. The minimum absolute atomic E-state index is 0.0123. The van der Waals surface area contributed by atoms with Crippen molar-refractivity contribution in [3.05, 3.63) is 58.8 Å². The predicted octanol–water partition coefficient (Wildman–Crippen LogP) is 3.28. The summed E-state index contributed by atoms with van der Waals surface area (Å²) in [4.78, 5) is 14.1. The molecular formula is C20H22BrFN2O4S. The molecule has 0 aliphatic carbocycles. The fraction of sp³-hybridized carbons (Fsp3) is 0.350. The van der Waals surface area contributed by atoms with Gasteiger partial charge < -0.3 is 9.64 Å². The fourth-order valence-electron chi connectivity index (χ4n) is 3.06. The molecule has 9 heteroatoms. The van der Waals surface area contributed by atoms with E-state index in [-0.39, 0.29) is 23.9 Å². The van der Waals surface area contributed by atoms with Gasteiger partial charge >= 0.3 is 0 Å². The van der Waals surface area contributed by atoms with Crippen molar-refractivity contribution in [3.8, 4) is 5.75 Å². The molecule has 29 heavy (non-hydrogen) atoms. The molecule has 1 aliphatic rings. The second-order valence-corrected chi connectivity index (χ2v) is 9.50. The molecule has 0 aromatic heterocycles. The van der Waals surface area contributed by atoms with Crippen LogP contribution >= 0.6 is 15.9 Å². The van der Waals surface area contributed by atoms with Crippen LogP contribution in [0.1, 0.15) is 12.8 Å². The van der Waals surface area contributed by atoms with Crippen LogP contribution in [0.25, 0.3) is 0 Å². The third kappa shape index (κ3) is 5.77. The van der Waals surface area contributed by atoms with Crippen LogP contribution in [0.2, 0.25) is 0 Å². The van der Waals surface area contributed by atoms with E-state index in [1.165, 1.54) is 16.4 Å². The summed E-state index contributed by atoms with van der Waals surface area (Å²) < 4.78 is 46.2. The van der Waals surface area contributed by atoms with Crippen LogP contribution in [0.15, 0.2) is 57.9 Å². The maximum atomic E-state index is 13.0. The highest BCUT2D eigenvalue weighted by atomic mass is 79.9. The monoisotopic (exact) mass is 484 g/mol. The second kappa shape index (κ2) is 9.69. The molecule has 0 spiro atoms. The summed E-state index contributed by atoms with van der Waals surface area (Å²) in [6.07, 6.45) is 0.929. The van der Waals surface area contributed by atoms with Crippen LogP contribution in [0, 0.1) is 5.82 Å². The summed E-state index contributed by atoms with van der Waals surface area (Å²) in [5.74, 6) is 0.247. The Balaban J connectivity index is 1.44. The molecule has 1 aliphatic heterocycles. The summed E-state index contributed by atoms with van der Waals surface area (Å²) in [7, 11) is -3.68. The summed E-state index contributed by atoms with van der Waals surface area (Å²) in [6, 6.07) is 12.3. The van der Waals surface area contributed by atoms with E-state index >= 15 is 0 Å². The molecule has 156 valence electrons. The number of piperazine rings is 1. The lowest BCUT2D eigenvalue weighted by Gasteiger charge is -2.34. The van der Waals surface area contributed by atoms with Gasteiger partial charge in [-0.15, -0.1) is 0 Å². The van der Waals surface area contributed by atoms with Gasteiger partial charge in [0.1, 0.15) is 11.6 Å². The highest BCUT2D eigenvalue weighted by Gasteiger charge is 2.29. The van der Waals surface area contributed by atoms with Gasteiger partial charge in [-0.1, -0.05) is 22.0 Å². The molecular weight excluding hydrogens is 463 g/mol. The Morgan fingerprint density at radius 2 is 1.76 bits per heavy atom. The molecule has 1 amide bonds. The van der Waals surface area contributed by atoms with Crippen molar-refractivity contribution in [1.82, 2.24) is 9.21 Å². The zero-order valence-electron chi connectivity index (χ0n) is 15.8. The SMILES string of the molecule is O=C(CCCOc1cccc(Br)c1)N1CCN(S(=O)(=O)c2ccc(F)cc2)CC1. The normalized spacial score (nSPS) is 15.3. The number of halogens is 2. The molecule has 2 aromatic rings. The maximum absolute atomic E-state index is 13.0. The van der Waals surface area contributed by atoms with Crippen molar-refractivity contribution in [3.63, 3.8) is 0 Å². The Bertz CT molecular complexity index is 945. The molecule has 0 N–H and O–H groups in total. The minimum Gasteiger partial charge on any atom is -0.494 e. The van der Waals surface area contributed by atoms with Crippen molar-refractivity contribution >= 4 is 31.9 Å². The van der Waals surface area contributed by atoms with Gasteiger partial charge in [-0.2, -0.15) is 4.31 Å². The van der Waals surface area contributed by atoms with Gasteiger partial charge in [0.2, 0.25) is 15.9 Å². The number of carbonyl (C=O) groups excluding carboxylic acids is 1. The number of rotatable bonds is 7. The Labute approximate surface area is 178 Å². The molecule has 1 fully saturated rings. The van der Waals surface area contributed by atoms with Crippen LogP contribution in [-0.4, -0.2) is 56.3 Å². The number of amides is 1. The zero-order valence-corrected chi connectivity index (χ0v) is 18.2. The van der Waals surface area contributed by atoms with E-state index < -0.39 is 15.8 Å². The van der Waals surface area contributed by atoms with Gasteiger partial charge in [0.05, 0.1) is 11.5 Å². The number of nitrogens with zero attached hydrogens (tertiary/aromatic N) is 2. The van der Waals surface area contributed by atoms with Gasteiger partial charge in [0, 0.05) is 37.1 Å². The van der Waals surface area contributed by atoms with Crippen LogP contribution in [0.3, 0.4) is 0 Å². The summed E-state index contributed by atoms with van der Waals surface area (Å²) >= 11 is 3.38. The quantitative estimate of drug-likeness (QED) is 0.565. The Morgan fingerprint density at radius 1 is 1.07 bits per heavy atom. The first-order valence-electron chi connectivity index (χ1n) is 9.28. The lowest BCUT2D eigenvalue weighted by Crippen LogP contribution is -2.50. The summed E-state index contributed by atoms with van der Waals surface area (Å²) in [6.45, 7) is 1.55. The van der Waals surface area contributed by atoms with Crippen molar-refractivity contribution in [2.24, 2.45) is 0 Å². The van der Waals surface area contributed by atoms with Gasteiger partial charge in [0.25, 0.3) is 0 Å². The first-order chi connectivity index (χ1) is 13.9. The van der Waals surface area contributed by atoms with Crippen molar-refractivity contribution in [2.45, 2.75) is 17.7 Å². The molecule has 1 heterocycles. The van der Waals surface area contributed by atoms with E-state index in [4.69, 9.17) is 4.74 Å². The number of ether oxygens (including phenoxy) is 1. The Kier molecular flexibility index (Phi) is 7.26. The van der Waals surface area contributed by atoms with Crippen LogP contribution in [-0.2, 0) is 14.8 Å². The van der Waals surface area contributed by atoms with Gasteiger partial charge in [-0.3, -0.25) is 4.79 Å². The number of carbonyl (C=O) groups is 1. The molecule has 3 rings (SSSR count). The molecule has 0 bridgehead atoms. The zero-order chi connectivity index (χ0) is 20.9. The minimum atomic E-state index is -3.68. The first-order valence-corrected chi connectivity index (χ1v) is 11.5. The van der Waals surface area contributed by atoms with E-state index in [9.17, 15) is 17.6 Å². The molecule has 2 aromatic carbocycles. The third-order valence-electron chi connectivity index (χ3n) is 4.64. The average Bonchev–Trinajstić information content (AvgIpc) is 2.71. The summed E-state index contributed by atoms with van der Waals surface area (Å²) in [5, 5.41) is 0. The number of sulfonamides is 1. The lowest BCUT2D eigenvalue weighted by atomic mass is 10.2. The van der Waals surface area contributed by atoms with Gasteiger partial charge in [0.15, 0.2) is 0 Å². The topological polar surface area (TPSA) is 66.9 Å². The standard InChI is InChI=1S/C20H22BrFN2O4S/c21-16-3-1-4-18(15-16)28-14-2-5-20(25)23-10-12-24(13-11-23)29(26,27)19-8-6-17(22)7-9-19/h1,3-4,6-9,15H,2,5,10-14H2. The molecule has 6 nitrogen and oxygen atoms in total. The second-order valence-electron chi connectivity index (χ2n) is 6.65. The highest BCUT2D eigenvalue weighted by Crippen LogP contribution is 2.19. The fourth-order valence-corrected chi connectivity index (χ4v) is 4.86. The van der Waals surface area contributed by atoms with Gasteiger partial charge in [-0.25, -0.2) is 12.8 Å². The van der Waals surface area contributed by atoms with E-state index in [0.717, 1.165) is 22.4 Å². The molecule has 0 saturated carbocycles. The van der Waals surface area contributed by atoms with E-state index in [0.29, 0.717) is 32.5 Å². The van der Waals surface area contributed by atoms with E-state index in [1.54, 1.807) is 4.90 Å². The average molecular weight is 485 g/mol.